The van der Waals surface area contributed by atoms with Crippen LogP contribution in [-0.2, 0) is 0 Å². The van der Waals surface area contributed by atoms with Gasteiger partial charge in [0.25, 0.3) is 0 Å². The minimum atomic E-state index is -0.255. The maximum atomic E-state index is 13.2. The third kappa shape index (κ3) is 1.58. The molecule has 0 aliphatic heterocycles. The number of hydrogen-bond acceptors (Lipinski definition) is 2. The van der Waals surface area contributed by atoms with Crippen LogP contribution in [0.2, 0.25) is 0 Å². The molecule has 0 unspecified atom stereocenters. The summed E-state index contributed by atoms with van der Waals surface area (Å²) >= 11 is 0. The lowest BCUT2D eigenvalue weighted by molar-refractivity contribution is 0.627. The summed E-state index contributed by atoms with van der Waals surface area (Å²) in [4.78, 5) is 8.37. The Labute approximate surface area is 97.6 Å². The summed E-state index contributed by atoms with van der Waals surface area (Å²) in [6.07, 6.45) is 3.40. The van der Waals surface area contributed by atoms with Crippen LogP contribution in [-0.4, -0.2) is 14.5 Å². The van der Waals surface area contributed by atoms with Crippen molar-refractivity contribution in [1.29, 1.82) is 0 Å². The molecule has 3 nitrogen and oxygen atoms in total. The number of rotatable bonds is 1. The molecule has 0 saturated carbocycles. The van der Waals surface area contributed by atoms with Crippen LogP contribution in [0.1, 0.15) is 5.69 Å². The van der Waals surface area contributed by atoms with E-state index in [9.17, 15) is 4.39 Å². The van der Waals surface area contributed by atoms with Gasteiger partial charge in [-0.25, -0.2) is 14.4 Å². The fourth-order valence-corrected chi connectivity index (χ4v) is 1.91. The van der Waals surface area contributed by atoms with Gasteiger partial charge in [-0.2, -0.15) is 0 Å². The van der Waals surface area contributed by atoms with Crippen LogP contribution in [0.4, 0.5) is 4.39 Å². The summed E-state index contributed by atoms with van der Waals surface area (Å²) in [5.74, 6) is -0.255. The summed E-state index contributed by atoms with van der Waals surface area (Å²) < 4.78 is 15.0. The van der Waals surface area contributed by atoms with E-state index in [2.05, 4.69) is 9.97 Å². The lowest BCUT2D eigenvalue weighted by Crippen LogP contribution is -1.95. The molecule has 0 bridgehead atoms. The van der Waals surface area contributed by atoms with E-state index in [1.807, 2.05) is 29.8 Å². The highest BCUT2D eigenvalue weighted by molar-refractivity contribution is 5.80. The van der Waals surface area contributed by atoms with Crippen molar-refractivity contribution < 1.29 is 4.39 Å². The maximum absolute atomic E-state index is 13.2. The highest BCUT2D eigenvalue weighted by atomic mass is 19.1. The second-order valence-electron chi connectivity index (χ2n) is 3.86. The monoisotopic (exact) mass is 227 g/mol. The first-order valence-electron chi connectivity index (χ1n) is 5.30. The van der Waals surface area contributed by atoms with Crippen LogP contribution in [0.25, 0.3) is 16.7 Å². The Hall–Kier alpha value is -2.23. The predicted molar refractivity (Wildman–Crippen MR) is 63.6 cm³/mol. The van der Waals surface area contributed by atoms with Gasteiger partial charge in [-0.1, -0.05) is 6.07 Å². The van der Waals surface area contributed by atoms with Gasteiger partial charge in [0.15, 0.2) is 0 Å². The molecule has 4 heteroatoms. The molecule has 3 rings (SSSR count). The number of halogens is 1. The Morgan fingerprint density at radius 3 is 2.88 bits per heavy atom. The molecule has 0 saturated heterocycles. The third-order valence-corrected chi connectivity index (χ3v) is 2.77. The Bertz CT molecular complexity index is 688. The van der Waals surface area contributed by atoms with Crippen molar-refractivity contribution in [3.05, 3.63) is 54.4 Å². The van der Waals surface area contributed by atoms with E-state index >= 15 is 0 Å². The fourth-order valence-electron chi connectivity index (χ4n) is 1.91. The van der Waals surface area contributed by atoms with Crippen molar-refractivity contribution >= 4 is 11.0 Å². The molecule has 2 aromatic heterocycles. The Morgan fingerprint density at radius 1 is 1.18 bits per heavy atom. The minimum absolute atomic E-state index is 0.255. The van der Waals surface area contributed by atoms with E-state index in [-0.39, 0.29) is 5.82 Å². The van der Waals surface area contributed by atoms with E-state index in [0.29, 0.717) is 0 Å². The molecule has 3 aromatic rings. The molecule has 0 aliphatic rings. The van der Waals surface area contributed by atoms with E-state index in [4.69, 9.17) is 0 Å². The van der Waals surface area contributed by atoms with Crippen molar-refractivity contribution in [2.75, 3.05) is 0 Å². The van der Waals surface area contributed by atoms with Crippen LogP contribution < -0.4 is 0 Å². The molecular formula is C13H10FN3. The highest BCUT2D eigenvalue weighted by Crippen LogP contribution is 2.20. The molecule has 0 spiro atoms. The predicted octanol–water partition coefficient (Wildman–Crippen LogP) is 2.87. The Kier molecular flexibility index (Phi) is 2.14. The fraction of sp³-hybridized carbons (Fsp3) is 0.0769. The van der Waals surface area contributed by atoms with E-state index in [0.717, 1.165) is 22.4 Å². The van der Waals surface area contributed by atoms with Crippen molar-refractivity contribution in [2.24, 2.45) is 0 Å². The van der Waals surface area contributed by atoms with Crippen molar-refractivity contribution in [3.8, 4) is 5.69 Å². The molecule has 17 heavy (non-hydrogen) atoms. The largest absolute Gasteiger partial charge is 0.301 e. The minimum Gasteiger partial charge on any atom is -0.301 e. The number of benzene rings is 1. The quantitative estimate of drug-likeness (QED) is 0.640. The van der Waals surface area contributed by atoms with Crippen LogP contribution >= 0.6 is 0 Å². The first-order chi connectivity index (χ1) is 8.25. The van der Waals surface area contributed by atoms with Crippen LogP contribution in [0.15, 0.2) is 42.9 Å². The second-order valence-corrected chi connectivity index (χ2v) is 3.86. The number of hydrogen-bond donors (Lipinski definition) is 0. The molecule has 1 aromatic carbocycles. The zero-order chi connectivity index (χ0) is 11.8. The number of aryl methyl sites for hydroxylation is 1. The van der Waals surface area contributed by atoms with Crippen LogP contribution in [0, 0.1) is 12.7 Å². The lowest BCUT2D eigenvalue weighted by Gasteiger charge is -2.04. The molecule has 0 N–H and O–H groups in total. The van der Waals surface area contributed by atoms with E-state index in [1.165, 1.54) is 18.5 Å². The summed E-state index contributed by atoms with van der Waals surface area (Å²) in [6, 6.07) is 8.38. The topological polar surface area (TPSA) is 30.7 Å². The van der Waals surface area contributed by atoms with Gasteiger partial charge in [0.05, 0.1) is 5.69 Å². The molecule has 0 amide bonds. The zero-order valence-corrected chi connectivity index (χ0v) is 9.26. The van der Waals surface area contributed by atoms with Gasteiger partial charge in [0.2, 0.25) is 0 Å². The smallest absolute Gasteiger partial charge is 0.148 e. The van der Waals surface area contributed by atoms with Gasteiger partial charge in [-0.05, 0) is 31.2 Å². The standard InChI is InChI=1S/C13H10FN3/c1-9-12-5-6-17(13(12)16-8-15-9)11-4-2-3-10(14)7-11/h2-8H,1H3. The first-order valence-corrected chi connectivity index (χ1v) is 5.30. The number of aromatic nitrogens is 3. The summed E-state index contributed by atoms with van der Waals surface area (Å²) in [5.41, 5.74) is 2.48. The highest BCUT2D eigenvalue weighted by Gasteiger charge is 2.07. The van der Waals surface area contributed by atoms with Crippen LogP contribution in [0.5, 0.6) is 0 Å². The van der Waals surface area contributed by atoms with Crippen molar-refractivity contribution in [3.63, 3.8) is 0 Å². The molecule has 2 heterocycles. The molecule has 84 valence electrons. The zero-order valence-electron chi connectivity index (χ0n) is 9.26. The molecule has 0 radical (unpaired) electrons. The lowest BCUT2D eigenvalue weighted by atomic mass is 10.3. The van der Waals surface area contributed by atoms with Crippen molar-refractivity contribution in [1.82, 2.24) is 14.5 Å². The average molecular weight is 227 g/mol. The summed E-state index contributed by atoms with van der Waals surface area (Å²) in [7, 11) is 0. The van der Waals surface area contributed by atoms with Crippen LogP contribution in [0.3, 0.4) is 0 Å². The third-order valence-electron chi connectivity index (χ3n) is 2.77. The normalized spacial score (nSPS) is 10.9. The number of fused-ring (bicyclic) bond motifs is 1. The van der Waals surface area contributed by atoms with Gasteiger partial charge >= 0.3 is 0 Å². The molecule has 0 aliphatic carbocycles. The number of nitrogens with zero attached hydrogens (tertiary/aromatic N) is 3. The van der Waals surface area contributed by atoms with Crippen molar-refractivity contribution in [2.45, 2.75) is 6.92 Å². The maximum Gasteiger partial charge on any atom is 0.148 e. The van der Waals surface area contributed by atoms with Gasteiger partial charge < -0.3 is 4.57 Å². The van der Waals surface area contributed by atoms with E-state index < -0.39 is 0 Å². The Balaban J connectivity index is 2.28. The van der Waals surface area contributed by atoms with E-state index in [1.54, 1.807) is 6.07 Å². The first kappa shape index (κ1) is 9.96. The molecule has 0 fully saturated rings. The molecule has 0 atom stereocenters. The van der Waals surface area contributed by atoms with Gasteiger partial charge in [-0.3, -0.25) is 0 Å². The molecular weight excluding hydrogens is 217 g/mol. The van der Waals surface area contributed by atoms with Gasteiger partial charge in [-0.15, -0.1) is 0 Å². The SMILES string of the molecule is Cc1ncnc2c1ccn2-c1cccc(F)c1. The van der Waals surface area contributed by atoms with Gasteiger partial charge in [0, 0.05) is 17.3 Å². The Morgan fingerprint density at radius 2 is 2.06 bits per heavy atom. The van der Waals surface area contributed by atoms with Gasteiger partial charge in [0.1, 0.15) is 17.8 Å². The summed E-state index contributed by atoms with van der Waals surface area (Å²) in [5, 5.41) is 0.983. The second kappa shape index (κ2) is 3.66. The summed E-state index contributed by atoms with van der Waals surface area (Å²) in [6.45, 7) is 1.93. The average Bonchev–Trinajstić information content (AvgIpc) is 2.74.